The van der Waals surface area contributed by atoms with Crippen molar-refractivity contribution in [3.8, 4) is 0 Å². The average molecular weight is 315 g/mol. The maximum absolute atomic E-state index is 13.9. The Labute approximate surface area is 127 Å². The first-order valence-electron chi connectivity index (χ1n) is 7.19. The van der Waals surface area contributed by atoms with Crippen molar-refractivity contribution in [2.45, 2.75) is 41.2 Å². The minimum atomic E-state index is -0.533. The van der Waals surface area contributed by atoms with Crippen LogP contribution in [-0.2, 0) is 9.47 Å². The first kappa shape index (κ1) is 15.2. The van der Waals surface area contributed by atoms with Gasteiger partial charge in [0.15, 0.2) is 5.79 Å². The van der Waals surface area contributed by atoms with Crippen molar-refractivity contribution in [2.24, 2.45) is 0 Å². The molecule has 6 heteroatoms. The molecule has 2 fully saturated rings. The summed E-state index contributed by atoms with van der Waals surface area (Å²) in [6.07, 6.45) is 2.41. The quantitative estimate of drug-likeness (QED) is 0.929. The maximum atomic E-state index is 13.9. The molecule has 1 aliphatic heterocycles. The van der Waals surface area contributed by atoms with Crippen LogP contribution < -0.4 is 5.32 Å². The Morgan fingerprint density at radius 1 is 1.29 bits per heavy atom. The lowest BCUT2D eigenvalue weighted by Gasteiger charge is -2.40. The molecule has 1 aromatic carbocycles. The zero-order valence-corrected chi connectivity index (χ0v) is 12.7. The molecule has 1 saturated carbocycles. The number of rotatable bonds is 3. The van der Waals surface area contributed by atoms with Gasteiger partial charge in [0.1, 0.15) is 11.6 Å². The Morgan fingerprint density at radius 3 is 2.76 bits per heavy atom. The number of benzene rings is 1. The van der Waals surface area contributed by atoms with E-state index in [1.54, 1.807) is 0 Å². The fourth-order valence-corrected chi connectivity index (χ4v) is 4.52. The van der Waals surface area contributed by atoms with Gasteiger partial charge in [-0.3, -0.25) is 0 Å². The molecule has 3 nitrogen and oxygen atoms in total. The van der Waals surface area contributed by atoms with Crippen molar-refractivity contribution in [2.75, 3.05) is 20.3 Å². The van der Waals surface area contributed by atoms with Gasteiger partial charge in [-0.2, -0.15) is 0 Å². The Bertz CT molecular complexity index is 508. The van der Waals surface area contributed by atoms with Crippen molar-refractivity contribution >= 4 is 11.8 Å². The Morgan fingerprint density at radius 2 is 2.05 bits per heavy atom. The van der Waals surface area contributed by atoms with Gasteiger partial charge in [0.05, 0.1) is 13.2 Å². The van der Waals surface area contributed by atoms with E-state index in [0.717, 1.165) is 18.9 Å². The number of thioether (sulfide) groups is 1. The van der Waals surface area contributed by atoms with E-state index < -0.39 is 11.6 Å². The molecule has 21 heavy (non-hydrogen) atoms. The molecule has 1 N–H and O–H groups in total. The Kier molecular flexibility index (Phi) is 4.49. The third-order valence-corrected chi connectivity index (χ3v) is 5.52. The van der Waals surface area contributed by atoms with E-state index in [1.807, 2.05) is 7.05 Å². The van der Waals surface area contributed by atoms with Gasteiger partial charge in [0, 0.05) is 29.0 Å². The highest BCUT2D eigenvalue weighted by Crippen LogP contribution is 2.43. The summed E-state index contributed by atoms with van der Waals surface area (Å²) in [4.78, 5) is 0.343. The summed E-state index contributed by atoms with van der Waals surface area (Å²) in [5, 5.41) is 3.35. The summed E-state index contributed by atoms with van der Waals surface area (Å²) < 4.78 is 38.7. The molecule has 0 aromatic heterocycles. The van der Waals surface area contributed by atoms with Crippen LogP contribution in [0.4, 0.5) is 8.78 Å². The van der Waals surface area contributed by atoms with Gasteiger partial charge in [-0.15, -0.1) is 11.8 Å². The molecule has 116 valence electrons. The smallest absolute Gasteiger partial charge is 0.169 e. The molecule has 0 amide bonds. The third-order valence-electron chi connectivity index (χ3n) is 4.15. The average Bonchev–Trinajstić information content (AvgIpc) is 2.91. The van der Waals surface area contributed by atoms with Crippen LogP contribution in [0.25, 0.3) is 0 Å². The predicted molar refractivity (Wildman–Crippen MR) is 77.3 cm³/mol. The van der Waals surface area contributed by atoms with Crippen LogP contribution >= 0.6 is 11.8 Å². The summed E-state index contributed by atoms with van der Waals surface area (Å²) in [5.41, 5.74) is 0. The second-order valence-electron chi connectivity index (χ2n) is 5.48. The lowest BCUT2D eigenvalue weighted by atomic mass is 9.89. The maximum Gasteiger partial charge on any atom is 0.169 e. The van der Waals surface area contributed by atoms with Crippen LogP contribution in [0.1, 0.15) is 19.3 Å². The summed E-state index contributed by atoms with van der Waals surface area (Å²) in [6.45, 7) is 1.21. The van der Waals surface area contributed by atoms with E-state index in [9.17, 15) is 8.78 Å². The van der Waals surface area contributed by atoms with Gasteiger partial charge in [-0.1, -0.05) is 0 Å². The minimum absolute atomic E-state index is 0.0816. The molecular weight excluding hydrogens is 296 g/mol. The van der Waals surface area contributed by atoms with Crippen molar-refractivity contribution in [1.82, 2.24) is 5.32 Å². The first-order chi connectivity index (χ1) is 10.1. The van der Waals surface area contributed by atoms with Gasteiger partial charge in [-0.25, -0.2) is 8.78 Å². The molecule has 2 atom stereocenters. The van der Waals surface area contributed by atoms with Crippen LogP contribution in [0.2, 0.25) is 0 Å². The number of halogens is 2. The largest absolute Gasteiger partial charge is 0.347 e. The van der Waals surface area contributed by atoms with Crippen LogP contribution in [0.15, 0.2) is 23.1 Å². The van der Waals surface area contributed by atoms with Gasteiger partial charge < -0.3 is 14.8 Å². The monoisotopic (exact) mass is 315 g/mol. The fourth-order valence-electron chi connectivity index (χ4n) is 3.06. The van der Waals surface area contributed by atoms with E-state index in [-0.39, 0.29) is 17.1 Å². The van der Waals surface area contributed by atoms with Crippen molar-refractivity contribution in [3.05, 3.63) is 29.8 Å². The Hall–Kier alpha value is -0.690. The molecule has 1 aliphatic carbocycles. The molecule has 0 radical (unpaired) electrons. The lowest BCUT2D eigenvalue weighted by Crippen LogP contribution is -2.48. The fraction of sp³-hybridized carbons (Fsp3) is 0.600. The van der Waals surface area contributed by atoms with E-state index >= 15 is 0 Å². The molecule has 2 aliphatic rings. The molecule has 2 unspecified atom stereocenters. The third kappa shape index (κ3) is 3.23. The molecule has 1 spiro atoms. The van der Waals surface area contributed by atoms with Crippen molar-refractivity contribution < 1.29 is 18.3 Å². The van der Waals surface area contributed by atoms with Crippen LogP contribution in [0, 0.1) is 11.6 Å². The standard InChI is InChI=1S/C15H19F2NO2S/c1-18-12-4-5-15(19-6-7-20-15)9-14(12)21-13-8-10(16)2-3-11(13)17/h2-3,8,12,14,18H,4-7,9H2,1H3. The summed E-state index contributed by atoms with van der Waals surface area (Å²) in [5.74, 6) is -1.34. The number of ether oxygens (including phenoxy) is 2. The van der Waals surface area contributed by atoms with Gasteiger partial charge in [0.2, 0.25) is 0 Å². The minimum Gasteiger partial charge on any atom is -0.347 e. The highest BCUT2D eigenvalue weighted by molar-refractivity contribution is 8.00. The highest BCUT2D eigenvalue weighted by atomic mass is 32.2. The second kappa shape index (κ2) is 6.20. The van der Waals surface area contributed by atoms with E-state index in [4.69, 9.17) is 9.47 Å². The van der Waals surface area contributed by atoms with E-state index in [2.05, 4.69) is 5.32 Å². The molecule has 3 rings (SSSR count). The number of hydrogen-bond acceptors (Lipinski definition) is 4. The first-order valence-corrected chi connectivity index (χ1v) is 8.07. The van der Waals surface area contributed by atoms with Gasteiger partial charge in [0.25, 0.3) is 0 Å². The van der Waals surface area contributed by atoms with E-state index in [0.29, 0.717) is 24.5 Å². The Balaban J connectivity index is 1.78. The van der Waals surface area contributed by atoms with Crippen LogP contribution in [0.5, 0.6) is 0 Å². The summed E-state index contributed by atoms with van der Waals surface area (Å²) in [7, 11) is 1.90. The number of nitrogens with one attached hydrogen (secondary N) is 1. The van der Waals surface area contributed by atoms with Gasteiger partial charge in [-0.05, 0) is 31.7 Å². The normalized spacial score (nSPS) is 28.1. The zero-order chi connectivity index (χ0) is 14.9. The predicted octanol–water partition coefficient (Wildman–Crippen LogP) is 2.94. The highest BCUT2D eigenvalue weighted by Gasteiger charge is 2.45. The summed E-state index contributed by atoms with van der Waals surface area (Å²) in [6, 6.07) is 3.80. The van der Waals surface area contributed by atoms with Crippen molar-refractivity contribution in [3.63, 3.8) is 0 Å². The van der Waals surface area contributed by atoms with Crippen molar-refractivity contribution in [1.29, 1.82) is 0 Å². The number of hydrogen-bond donors (Lipinski definition) is 1. The topological polar surface area (TPSA) is 30.5 Å². The molecule has 1 saturated heterocycles. The molecule has 1 aromatic rings. The van der Waals surface area contributed by atoms with Crippen LogP contribution in [-0.4, -0.2) is 37.3 Å². The van der Waals surface area contributed by atoms with Crippen LogP contribution in [0.3, 0.4) is 0 Å². The lowest BCUT2D eigenvalue weighted by molar-refractivity contribution is -0.177. The molecule has 1 heterocycles. The second-order valence-corrected chi connectivity index (χ2v) is 6.76. The van der Waals surface area contributed by atoms with E-state index in [1.165, 1.54) is 23.9 Å². The molecule has 0 bridgehead atoms. The summed E-state index contributed by atoms with van der Waals surface area (Å²) >= 11 is 1.36. The SMILES string of the molecule is CNC1CCC2(CC1Sc1cc(F)ccc1F)OCCO2. The zero-order valence-electron chi connectivity index (χ0n) is 11.9. The van der Waals surface area contributed by atoms with Gasteiger partial charge >= 0.3 is 0 Å². The molecular formula is C15H19F2NO2S.